The third-order valence-corrected chi connectivity index (χ3v) is 2.03. The molecule has 0 amide bonds. The lowest BCUT2D eigenvalue weighted by atomic mass is 9.99. The maximum atomic E-state index is 10.9. The maximum absolute atomic E-state index is 10.9. The van der Waals surface area contributed by atoms with Crippen molar-refractivity contribution >= 4 is 5.97 Å². The molecule has 1 aliphatic heterocycles. The van der Waals surface area contributed by atoms with Crippen LogP contribution in [0.1, 0.15) is 26.2 Å². The largest absolute Gasteiger partial charge is 0.463 e. The molecule has 1 heterocycles. The van der Waals surface area contributed by atoms with E-state index in [4.69, 9.17) is 0 Å². The van der Waals surface area contributed by atoms with Crippen LogP contribution in [0.2, 0.25) is 0 Å². The molecule has 0 aromatic carbocycles. The van der Waals surface area contributed by atoms with Crippen LogP contribution in [-0.4, -0.2) is 23.8 Å². The number of ether oxygens (including phenoxy) is 1. The summed E-state index contributed by atoms with van der Waals surface area (Å²) in [6.45, 7) is 2.25. The van der Waals surface area contributed by atoms with Crippen LogP contribution in [0.4, 0.5) is 0 Å². The zero-order chi connectivity index (χ0) is 8.27. The van der Waals surface area contributed by atoms with E-state index in [-0.39, 0.29) is 18.5 Å². The van der Waals surface area contributed by atoms with Gasteiger partial charge in [0.2, 0.25) is 0 Å². The van der Waals surface area contributed by atoms with Crippen molar-refractivity contribution < 1.29 is 14.6 Å². The monoisotopic (exact) mass is 158 g/mol. The molecular formula is C8H14O3. The highest BCUT2D eigenvalue weighted by Crippen LogP contribution is 2.20. The van der Waals surface area contributed by atoms with Gasteiger partial charge < -0.3 is 9.84 Å². The number of unbranched alkanes of at least 4 members (excludes halogenated alkanes) is 1. The van der Waals surface area contributed by atoms with Gasteiger partial charge in [0.05, 0.1) is 5.92 Å². The number of cyclic esters (lactones) is 1. The molecule has 0 aliphatic carbocycles. The molecule has 1 aliphatic rings. The van der Waals surface area contributed by atoms with Crippen LogP contribution in [-0.2, 0) is 9.53 Å². The van der Waals surface area contributed by atoms with Crippen LogP contribution in [0.25, 0.3) is 0 Å². The fraction of sp³-hybridized carbons (Fsp3) is 0.875. The molecule has 1 rings (SSSR count). The molecular weight excluding hydrogens is 144 g/mol. The van der Waals surface area contributed by atoms with Gasteiger partial charge in [0.15, 0.2) is 0 Å². The molecule has 64 valence electrons. The average molecular weight is 158 g/mol. The molecule has 0 spiro atoms. The van der Waals surface area contributed by atoms with Crippen LogP contribution >= 0.6 is 0 Å². The number of rotatable bonds is 3. The molecule has 0 radical (unpaired) electrons. The van der Waals surface area contributed by atoms with Crippen LogP contribution in [0.5, 0.6) is 0 Å². The highest BCUT2D eigenvalue weighted by Gasteiger charge is 2.34. The van der Waals surface area contributed by atoms with E-state index in [9.17, 15) is 9.90 Å². The minimum absolute atomic E-state index is 0.188. The van der Waals surface area contributed by atoms with Gasteiger partial charge in [0.1, 0.15) is 12.7 Å². The Bertz CT molecular complexity index is 144. The van der Waals surface area contributed by atoms with E-state index in [1.165, 1.54) is 0 Å². The Balaban J connectivity index is 2.35. The second-order valence-electron chi connectivity index (χ2n) is 2.95. The zero-order valence-corrected chi connectivity index (χ0v) is 6.75. The minimum Gasteiger partial charge on any atom is -0.463 e. The van der Waals surface area contributed by atoms with Gasteiger partial charge in [0.25, 0.3) is 0 Å². The van der Waals surface area contributed by atoms with E-state index < -0.39 is 6.10 Å². The molecule has 3 nitrogen and oxygen atoms in total. The van der Waals surface area contributed by atoms with Gasteiger partial charge in [-0.25, -0.2) is 0 Å². The second kappa shape index (κ2) is 3.72. The molecule has 0 aromatic heterocycles. The van der Waals surface area contributed by atoms with Gasteiger partial charge in [-0.1, -0.05) is 19.8 Å². The summed E-state index contributed by atoms with van der Waals surface area (Å²) in [5.74, 6) is -0.485. The van der Waals surface area contributed by atoms with Crippen molar-refractivity contribution in [3.63, 3.8) is 0 Å². The number of aliphatic hydroxyl groups excluding tert-OH is 1. The molecule has 0 unspecified atom stereocenters. The Kier molecular flexibility index (Phi) is 2.88. The summed E-state index contributed by atoms with van der Waals surface area (Å²) in [6.07, 6.45) is 2.23. The van der Waals surface area contributed by atoms with E-state index in [0.717, 1.165) is 19.3 Å². The average Bonchev–Trinajstić information content (AvgIpc) is 2.29. The van der Waals surface area contributed by atoms with Gasteiger partial charge in [-0.15, -0.1) is 0 Å². The summed E-state index contributed by atoms with van der Waals surface area (Å²) in [5.41, 5.74) is 0. The lowest BCUT2D eigenvalue weighted by Gasteiger charge is -2.07. The number of hydrogen-bond acceptors (Lipinski definition) is 3. The quantitative estimate of drug-likeness (QED) is 0.615. The third kappa shape index (κ3) is 1.93. The first-order chi connectivity index (χ1) is 5.25. The van der Waals surface area contributed by atoms with E-state index in [2.05, 4.69) is 11.7 Å². The fourth-order valence-corrected chi connectivity index (χ4v) is 1.28. The van der Waals surface area contributed by atoms with Crippen molar-refractivity contribution in [2.24, 2.45) is 5.92 Å². The molecule has 0 bridgehead atoms. The second-order valence-corrected chi connectivity index (χ2v) is 2.95. The first kappa shape index (κ1) is 8.53. The number of carbonyl (C=O) groups excluding carboxylic acids is 1. The SMILES string of the molecule is CCCC[C@H]1C(=O)OC[C@H]1O. The number of hydrogen-bond donors (Lipinski definition) is 1. The minimum atomic E-state index is -0.561. The van der Waals surface area contributed by atoms with E-state index in [1.807, 2.05) is 0 Å². The predicted octanol–water partition coefficient (Wildman–Crippen LogP) is 0.710. The standard InChI is InChI=1S/C8H14O3/c1-2-3-4-6-7(9)5-11-8(6)10/h6-7,9H,2-5H2,1H3/t6-,7-/m1/s1. The molecule has 1 saturated heterocycles. The predicted molar refractivity (Wildman–Crippen MR) is 40.0 cm³/mol. The Morgan fingerprint density at radius 2 is 2.45 bits per heavy atom. The highest BCUT2D eigenvalue weighted by molar-refractivity contribution is 5.75. The van der Waals surface area contributed by atoms with Crippen molar-refractivity contribution in [3.05, 3.63) is 0 Å². The Morgan fingerprint density at radius 1 is 1.73 bits per heavy atom. The first-order valence-corrected chi connectivity index (χ1v) is 4.10. The summed E-state index contributed by atoms with van der Waals surface area (Å²) >= 11 is 0. The van der Waals surface area contributed by atoms with Crippen molar-refractivity contribution in [1.29, 1.82) is 0 Å². The lowest BCUT2D eigenvalue weighted by molar-refractivity contribution is -0.141. The molecule has 11 heavy (non-hydrogen) atoms. The van der Waals surface area contributed by atoms with Gasteiger partial charge in [-0.05, 0) is 6.42 Å². The molecule has 1 N–H and O–H groups in total. The van der Waals surface area contributed by atoms with Crippen molar-refractivity contribution in [2.45, 2.75) is 32.3 Å². The summed E-state index contributed by atoms with van der Waals surface area (Å²) in [5, 5.41) is 9.24. The summed E-state index contributed by atoms with van der Waals surface area (Å²) < 4.78 is 4.69. The van der Waals surface area contributed by atoms with E-state index >= 15 is 0 Å². The van der Waals surface area contributed by atoms with Crippen LogP contribution < -0.4 is 0 Å². The molecule has 2 atom stereocenters. The van der Waals surface area contributed by atoms with Gasteiger partial charge in [-0.3, -0.25) is 4.79 Å². The number of esters is 1. The van der Waals surface area contributed by atoms with Crippen molar-refractivity contribution in [3.8, 4) is 0 Å². The van der Waals surface area contributed by atoms with Crippen molar-refractivity contribution in [2.75, 3.05) is 6.61 Å². The first-order valence-electron chi connectivity index (χ1n) is 4.10. The van der Waals surface area contributed by atoms with E-state index in [0.29, 0.717) is 0 Å². The summed E-state index contributed by atoms with van der Waals surface area (Å²) in [6, 6.07) is 0. The molecule has 1 fully saturated rings. The van der Waals surface area contributed by atoms with Gasteiger partial charge in [-0.2, -0.15) is 0 Å². The molecule has 0 saturated carbocycles. The summed E-state index contributed by atoms with van der Waals surface area (Å²) in [4.78, 5) is 10.9. The van der Waals surface area contributed by atoms with Crippen molar-refractivity contribution in [1.82, 2.24) is 0 Å². The smallest absolute Gasteiger partial charge is 0.311 e. The third-order valence-electron chi connectivity index (χ3n) is 2.03. The zero-order valence-electron chi connectivity index (χ0n) is 6.75. The number of aliphatic hydroxyl groups is 1. The Morgan fingerprint density at radius 3 is 2.91 bits per heavy atom. The molecule has 0 aromatic rings. The normalized spacial score (nSPS) is 30.5. The highest BCUT2D eigenvalue weighted by atomic mass is 16.6. The van der Waals surface area contributed by atoms with E-state index in [1.54, 1.807) is 0 Å². The maximum Gasteiger partial charge on any atom is 0.311 e. The van der Waals surface area contributed by atoms with Crippen LogP contribution in [0.3, 0.4) is 0 Å². The Labute approximate surface area is 66.4 Å². The van der Waals surface area contributed by atoms with Gasteiger partial charge >= 0.3 is 5.97 Å². The lowest BCUT2D eigenvalue weighted by Crippen LogP contribution is -2.20. The fourth-order valence-electron chi connectivity index (χ4n) is 1.28. The topological polar surface area (TPSA) is 46.5 Å². The molecule has 3 heteroatoms. The van der Waals surface area contributed by atoms with Crippen LogP contribution in [0.15, 0.2) is 0 Å². The summed E-state index contributed by atoms with van der Waals surface area (Å²) in [7, 11) is 0. The number of carbonyl (C=O) groups is 1. The Hall–Kier alpha value is -0.570. The van der Waals surface area contributed by atoms with Crippen LogP contribution in [0, 0.1) is 5.92 Å². The van der Waals surface area contributed by atoms with Gasteiger partial charge in [0, 0.05) is 0 Å².